The summed E-state index contributed by atoms with van der Waals surface area (Å²) in [7, 11) is -2.61. The molecule has 0 N–H and O–H groups in total. The molecular formula is C14H30O5Si. The van der Waals surface area contributed by atoms with Gasteiger partial charge in [0.25, 0.3) is 0 Å². The molecule has 3 atom stereocenters. The van der Waals surface area contributed by atoms with Crippen molar-refractivity contribution < 1.29 is 22.8 Å². The second-order valence-electron chi connectivity index (χ2n) is 5.14. The van der Waals surface area contributed by atoms with Gasteiger partial charge >= 0.3 is 8.80 Å². The molecule has 3 unspecified atom stereocenters. The third-order valence-electron chi connectivity index (χ3n) is 3.29. The molecule has 0 aliphatic carbocycles. The summed E-state index contributed by atoms with van der Waals surface area (Å²) in [6.45, 7) is 13.5. The largest absolute Gasteiger partial charge is 0.504 e. The van der Waals surface area contributed by atoms with E-state index < -0.39 is 8.80 Å². The number of rotatable bonds is 12. The molecule has 0 bridgehead atoms. The Morgan fingerprint density at radius 1 is 1.05 bits per heavy atom. The minimum Gasteiger partial charge on any atom is -0.376 e. The van der Waals surface area contributed by atoms with E-state index in [-0.39, 0.29) is 11.6 Å². The highest BCUT2D eigenvalue weighted by molar-refractivity contribution is 6.62. The first kappa shape index (κ1) is 18.1. The molecule has 1 heterocycles. The third kappa shape index (κ3) is 5.79. The van der Waals surface area contributed by atoms with Crippen LogP contribution >= 0.6 is 0 Å². The van der Waals surface area contributed by atoms with Crippen LogP contribution in [0.25, 0.3) is 0 Å². The fourth-order valence-corrected chi connectivity index (χ4v) is 5.23. The summed E-state index contributed by atoms with van der Waals surface area (Å²) in [5.74, 6) is 0. The first-order valence-corrected chi connectivity index (χ1v) is 9.53. The molecule has 0 saturated carbocycles. The monoisotopic (exact) mass is 306 g/mol. The molecule has 5 nitrogen and oxygen atoms in total. The zero-order valence-corrected chi connectivity index (χ0v) is 14.5. The SMILES string of the molecule is CCO[Si](OCC)(OCC)C(C)CC(C)OCC1CO1. The zero-order chi connectivity index (χ0) is 15.0. The Morgan fingerprint density at radius 2 is 1.55 bits per heavy atom. The van der Waals surface area contributed by atoms with Crippen LogP contribution in [0.2, 0.25) is 5.54 Å². The highest BCUT2D eigenvalue weighted by Crippen LogP contribution is 2.30. The van der Waals surface area contributed by atoms with Crippen LogP contribution < -0.4 is 0 Å². The molecule has 0 aromatic rings. The van der Waals surface area contributed by atoms with Crippen molar-refractivity contribution in [3.8, 4) is 0 Å². The van der Waals surface area contributed by atoms with Crippen molar-refractivity contribution in [2.75, 3.05) is 33.0 Å². The van der Waals surface area contributed by atoms with Gasteiger partial charge in [-0.1, -0.05) is 6.92 Å². The first-order chi connectivity index (χ1) is 9.57. The lowest BCUT2D eigenvalue weighted by atomic mass is 10.2. The van der Waals surface area contributed by atoms with Crippen molar-refractivity contribution in [2.24, 2.45) is 0 Å². The number of hydrogen-bond acceptors (Lipinski definition) is 5. The van der Waals surface area contributed by atoms with Gasteiger partial charge in [0.15, 0.2) is 0 Å². The average molecular weight is 306 g/mol. The maximum atomic E-state index is 5.93. The summed E-state index contributed by atoms with van der Waals surface area (Å²) in [6.07, 6.45) is 1.33. The molecule has 0 radical (unpaired) electrons. The maximum Gasteiger partial charge on any atom is 0.504 e. The van der Waals surface area contributed by atoms with Crippen LogP contribution in [0.15, 0.2) is 0 Å². The highest BCUT2D eigenvalue weighted by Gasteiger charge is 2.47. The van der Waals surface area contributed by atoms with E-state index in [1.165, 1.54) is 0 Å². The summed E-state index contributed by atoms with van der Waals surface area (Å²) in [5, 5.41) is 0. The van der Waals surface area contributed by atoms with Crippen molar-refractivity contribution >= 4 is 8.80 Å². The molecule has 1 rings (SSSR count). The Balaban J connectivity index is 2.51. The minimum atomic E-state index is -2.61. The standard InChI is InChI=1S/C14H30O5Si/c1-6-17-20(18-7-2,19-8-3)13(5)9-12(4)15-10-14-11-16-14/h12-14H,6-11H2,1-5H3. The Kier molecular flexibility index (Phi) is 8.24. The zero-order valence-electron chi connectivity index (χ0n) is 13.5. The van der Waals surface area contributed by atoms with Crippen molar-refractivity contribution in [3.05, 3.63) is 0 Å². The van der Waals surface area contributed by atoms with Crippen LogP contribution in [0.1, 0.15) is 41.0 Å². The van der Waals surface area contributed by atoms with Gasteiger partial charge in [-0.15, -0.1) is 0 Å². The smallest absolute Gasteiger partial charge is 0.376 e. The Labute approximate surface area is 124 Å². The molecule has 0 amide bonds. The van der Waals surface area contributed by atoms with Crippen LogP contribution in [0.4, 0.5) is 0 Å². The normalized spacial score (nSPS) is 21.8. The van der Waals surface area contributed by atoms with E-state index in [2.05, 4.69) is 13.8 Å². The van der Waals surface area contributed by atoms with Gasteiger partial charge in [-0.3, -0.25) is 0 Å². The van der Waals surface area contributed by atoms with Crippen LogP contribution in [0, 0.1) is 0 Å². The van der Waals surface area contributed by atoms with E-state index >= 15 is 0 Å². The molecule has 0 spiro atoms. The van der Waals surface area contributed by atoms with Gasteiger partial charge in [0, 0.05) is 25.4 Å². The van der Waals surface area contributed by atoms with Crippen LogP contribution in [0.3, 0.4) is 0 Å². The molecule has 1 saturated heterocycles. The lowest BCUT2D eigenvalue weighted by molar-refractivity contribution is 0.0290. The minimum absolute atomic E-state index is 0.155. The average Bonchev–Trinajstić information content (AvgIpc) is 3.21. The van der Waals surface area contributed by atoms with Gasteiger partial charge < -0.3 is 22.8 Å². The second kappa shape index (κ2) is 9.12. The second-order valence-corrected chi connectivity index (χ2v) is 8.20. The van der Waals surface area contributed by atoms with E-state index in [4.69, 9.17) is 22.8 Å². The molecule has 0 aromatic heterocycles. The highest BCUT2D eigenvalue weighted by atomic mass is 28.4. The van der Waals surface area contributed by atoms with Crippen molar-refractivity contribution in [3.63, 3.8) is 0 Å². The van der Waals surface area contributed by atoms with E-state index in [0.29, 0.717) is 32.5 Å². The maximum absolute atomic E-state index is 5.93. The Bertz CT molecular complexity index is 243. The van der Waals surface area contributed by atoms with Crippen molar-refractivity contribution in [1.29, 1.82) is 0 Å². The summed E-state index contributed by atoms with van der Waals surface area (Å²) >= 11 is 0. The van der Waals surface area contributed by atoms with Crippen molar-refractivity contribution in [2.45, 2.75) is 58.8 Å². The molecule has 6 heteroatoms. The Morgan fingerprint density at radius 3 is 1.95 bits per heavy atom. The summed E-state index contributed by atoms with van der Waals surface area (Å²) in [6, 6.07) is 0. The van der Waals surface area contributed by atoms with Crippen molar-refractivity contribution in [1.82, 2.24) is 0 Å². The molecular weight excluding hydrogens is 276 g/mol. The summed E-state index contributed by atoms with van der Waals surface area (Å²) < 4.78 is 28.7. The molecule has 0 aromatic carbocycles. The van der Waals surface area contributed by atoms with Crippen LogP contribution in [-0.2, 0) is 22.8 Å². The van der Waals surface area contributed by atoms with Gasteiger partial charge in [-0.25, -0.2) is 0 Å². The topological polar surface area (TPSA) is 49.5 Å². The molecule has 1 fully saturated rings. The first-order valence-electron chi connectivity index (χ1n) is 7.72. The quantitative estimate of drug-likeness (QED) is 0.410. The number of epoxide rings is 1. The van der Waals surface area contributed by atoms with Crippen LogP contribution in [-0.4, -0.2) is 54.0 Å². The summed E-state index contributed by atoms with van der Waals surface area (Å²) in [4.78, 5) is 0. The van der Waals surface area contributed by atoms with E-state index in [1.54, 1.807) is 0 Å². The van der Waals surface area contributed by atoms with Gasteiger partial charge in [-0.05, 0) is 34.1 Å². The van der Waals surface area contributed by atoms with Gasteiger partial charge in [0.2, 0.25) is 0 Å². The third-order valence-corrected chi connectivity index (χ3v) is 6.81. The predicted octanol–water partition coefficient (Wildman–Crippen LogP) is 2.62. The summed E-state index contributed by atoms with van der Waals surface area (Å²) in [5.41, 5.74) is 0.220. The van der Waals surface area contributed by atoms with E-state index in [1.807, 2.05) is 20.8 Å². The molecule has 20 heavy (non-hydrogen) atoms. The van der Waals surface area contributed by atoms with Gasteiger partial charge in [0.05, 0.1) is 19.3 Å². The van der Waals surface area contributed by atoms with Crippen LogP contribution in [0.5, 0.6) is 0 Å². The fourth-order valence-electron chi connectivity index (χ4n) is 2.30. The lowest BCUT2D eigenvalue weighted by Gasteiger charge is -2.34. The van der Waals surface area contributed by atoms with E-state index in [0.717, 1.165) is 13.0 Å². The fraction of sp³-hybridized carbons (Fsp3) is 1.00. The molecule has 1 aliphatic heterocycles. The number of ether oxygens (including phenoxy) is 2. The Hall–Kier alpha value is 0.0169. The van der Waals surface area contributed by atoms with E-state index in [9.17, 15) is 0 Å². The molecule has 120 valence electrons. The number of hydrogen-bond donors (Lipinski definition) is 0. The van der Waals surface area contributed by atoms with Gasteiger partial charge in [-0.2, -0.15) is 0 Å². The van der Waals surface area contributed by atoms with Gasteiger partial charge in [0.1, 0.15) is 6.10 Å². The predicted molar refractivity (Wildman–Crippen MR) is 79.8 cm³/mol. The molecule has 1 aliphatic rings. The lowest BCUT2D eigenvalue weighted by Crippen LogP contribution is -2.50.